The molecule has 2 aromatic rings. The second-order valence-corrected chi connectivity index (χ2v) is 5.31. The van der Waals surface area contributed by atoms with Gasteiger partial charge in [-0.1, -0.05) is 43.3 Å². The molecule has 0 spiro atoms. The van der Waals surface area contributed by atoms with Gasteiger partial charge in [0.2, 0.25) is 0 Å². The number of carbonyl (C=O) groups is 1. The largest absolute Gasteiger partial charge is 0.426 e. The van der Waals surface area contributed by atoms with Gasteiger partial charge in [-0.15, -0.1) is 0 Å². The standard InChI is InChI=1S/C18H20O2/c1-13-9-14(2)11-17(10-13)20-18(19)12-15(3)16-7-5-4-6-8-16/h4-11,15H,12H2,1-3H3. The Morgan fingerprint density at radius 2 is 1.65 bits per heavy atom. The Bertz CT molecular complexity index is 567. The van der Waals surface area contributed by atoms with Crippen molar-refractivity contribution in [2.45, 2.75) is 33.1 Å². The van der Waals surface area contributed by atoms with Crippen molar-refractivity contribution < 1.29 is 9.53 Å². The van der Waals surface area contributed by atoms with Crippen molar-refractivity contribution in [2.24, 2.45) is 0 Å². The predicted octanol–water partition coefficient (Wildman–Crippen LogP) is 4.40. The fourth-order valence-corrected chi connectivity index (χ4v) is 2.31. The van der Waals surface area contributed by atoms with Crippen molar-refractivity contribution in [1.82, 2.24) is 0 Å². The third-order valence-corrected chi connectivity index (χ3v) is 3.27. The molecule has 104 valence electrons. The van der Waals surface area contributed by atoms with Gasteiger partial charge in [-0.2, -0.15) is 0 Å². The number of hydrogen-bond donors (Lipinski definition) is 0. The summed E-state index contributed by atoms with van der Waals surface area (Å²) in [6, 6.07) is 15.9. The van der Waals surface area contributed by atoms with Crippen LogP contribution in [-0.4, -0.2) is 5.97 Å². The number of hydrogen-bond acceptors (Lipinski definition) is 2. The molecule has 2 nitrogen and oxygen atoms in total. The molecule has 0 aliphatic carbocycles. The second-order valence-electron chi connectivity index (χ2n) is 5.31. The predicted molar refractivity (Wildman–Crippen MR) is 81.0 cm³/mol. The van der Waals surface area contributed by atoms with E-state index in [1.165, 1.54) is 0 Å². The Morgan fingerprint density at radius 3 is 2.25 bits per heavy atom. The molecule has 2 aromatic carbocycles. The molecule has 0 saturated heterocycles. The fourth-order valence-electron chi connectivity index (χ4n) is 2.31. The summed E-state index contributed by atoms with van der Waals surface area (Å²) in [4.78, 5) is 12.0. The Hall–Kier alpha value is -2.09. The van der Waals surface area contributed by atoms with Gasteiger partial charge >= 0.3 is 5.97 Å². The Kier molecular flexibility index (Phi) is 4.57. The minimum absolute atomic E-state index is 0.162. The van der Waals surface area contributed by atoms with Crippen molar-refractivity contribution in [2.75, 3.05) is 0 Å². The van der Waals surface area contributed by atoms with Gasteiger partial charge in [0.15, 0.2) is 0 Å². The zero-order valence-corrected chi connectivity index (χ0v) is 12.2. The zero-order chi connectivity index (χ0) is 14.5. The van der Waals surface area contributed by atoms with Crippen LogP contribution in [0.15, 0.2) is 48.5 Å². The van der Waals surface area contributed by atoms with Gasteiger partial charge in [0.25, 0.3) is 0 Å². The summed E-state index contributed by atoms with van der Waals surface area (Å²) in [6.07, 6.45) is 0.386. The molecule has 0 aliphatic heterocycles. The number of aryl methyl sites for hydroxylation is 2. The van der Waals surface area contributed by atoms with E-state index < -0.39 is 0 Å². The molecule has 0 bridgehead atoms. The fraction of sp³-hybridized carbons (Fsp3) is 0.278. The summed E-state index contributed by atoms with van der Waals surface area (Å²) in [7, 11) is 0. The van der Waals surface area contributed by atoms with E-state index in [-0.39, 0.29) is 11.9 Å². The quantitative estimate of drug-likeness (QED) is 0.606. The molecule has 0 amide bonds. The summed E-state index contributed by atoms with van der Waals surface area (Å²) in [5.74, 6) is 0.605. The van der Waals surface area contributed by atoms with Crippen LogP contribution >= 0.6 is 0 Å². The minimum Gasteiger partial charge on any atom is -0.426 e. The van der Waals surface area contributed by atoms with Gasteiger partial charge < -0.3 is 4.74 Å². The second kappa shape index (κ2) is 6.38. The maximum absolute atomic E-state index is 12.0. The van der Waals surface area contributed by atoms with E-state index in [0.717, 1.165) is 16.7 Å². The number of carbonyl (C=O) groups excluding carboxylic acids is 1. The van der Waals surface area contributed by atoms with Crippen molar-refractivity contribution >= 4 is 5.97 Å². The summed E-state index contributed by atoms with van der Waals surface area (Å²) >= 11 is 0. The summed E-state index contributed by atoms with van der Waals surface area (Å²) in [6.45, 7) is 6.03. The van der Waals surface area contributed by atoms with Crippen molar-refractivity contribution in [1.29, 1.82) is 0 Å². The van der Waals surface area contributed by atoms with Crippen molar-refractivity contribution in [3.05, 3.63) is 65.2 Å². The minimum atomic E-state index is -0.189. The Morgan fingerprint density at radius 1 is 1.05 bits per heavy atom. The molecule has 0 fully saturated rings. The van der Waals surface area contributed by atoms with E-state index in [0.29, 0.717) is 12.2 Å². The number of benzene rings is 2. The van der Waals surface area contributed by atoms with Gasteiger partial charge in [-0.3, -0.25) is 4.79 Å². The van der Waals surface area contributed by atoms with E-state index in [1.54, 1.807) is 0 Å². The van der Waals surface area contributed by atoms with Gasteiger partial charge in [0.1, 0.15) is 5.75 Å². The Labute approximate surface area is 120 Å². The van der Waals surface area contributed by atoms with E-state index >= 15 is 0 Å². The maximum Gasteiger partial charge on any atom is 0.311 e. The van der Waals surface area contributed by atoms with Crippen LogP contribution in [0.4, 0.5) is 0 Å². The average molecular weight is 268 g/mol. The van der Waals surface area contributed by atoms with Gasteiger partial charge in [0.05, 0.1) is 6.42 Å². The first kappa shape index (κ1) is 14.3. The number of esters is 1. The van der Waals surface area contributed by atoms with E-state index in [1.807, 2.05) is 63.2 Å². The SMILES string of the molecule is Cc1cc(C)cc(OC(=O)CC(C)c2ccccc2)c1. The zero-order valence-electron chi connectivity index (χ0n) is 12.2. The van der Waals surface area contributed by atoms with Crippen LogP contribution in [0.1, 0.15) is 36.0 Å². The smallest absolute Gasteiger partial charge is 0.311 e. The van der Waals surface area contributed by atoms with E-state index in [2.05, 4.69) is 6.07 Å². The van der Waals surface area contributed by atoms with Gasteiger partial charge in [0, 0.05) is 0 Å². The van der Waals surface area contributed by atoms with Crippen LogP contribution in [0.3, 0.4) is 0 Å². The molecule has 0 heterocycles. The normalized spacial score (nSPS) is 11.9. The lowest BCUT2D eigenvalue weighted by atomic mass is 9.98. The average Bonchev–Trinajstić information content (AvgIpc) is 2.38. The number of rotatable bonds is 4. The molecule has 1 unspecified atom stereocenters. The molecule has 20 heavy (non-hydrogen) atoms. The third-order valence-electron chi connectivity index (χ3n) is 3.27. The lowest BCUT2D eigenvalue weighted by Gasteiger charge is -2.12. The third kappa shape index (κ3) is 3.95. The monoisotopic (exact) mass is 268 g/mol. The van der Waals surface area contributed by atoms with Crippen LogP contribution in [0.25, 0.3) is 0 Å². The maximum atomic E-state index is 12.0. The highest BCUT2D eigenvalue weighted by Gasteiger charge is 2.13. The van der Waals surface area contributed by atoms with Crippen LogP contribution in [-0.2, 0) is 4.79 Å². The molecule has 1 atom stereocenters. The Balaban J connectivity index is 1.99. The van der Waals surface area contributed by atoms with Crippen molar-refractivity contribution in [3.8, 4) is 5.75 Å². The van der Waals surface area contributed by atoms with Gasteiger partial charge in [-0.05, 0) is 48.6 Å². The van der Waals surface area contributed by atoms with Crippen molar-refractivity contribution in [3.63, 3.8) is 0 Å². The number of ether oxygens (including phenoxy) is 1. The first-order valence-corrected chi connectivity index (χ1v) is 6.88. The molecule has 2 rings (SSSR count). The molecule has 2 heteroatoms. The summed E-state index contributed by atoms with van der Waals surface area (Å²) < 4.78 is 5.43. The highest BCUT2D eigenvalue weighted by molar-refractivity contribution is 5.73. The van der Waals surface area contributed by atoms with Gasteiger partial charge in [-0.25, -0.2) is 0 Å². The van der Waals surface area contributed by atoms with E-state index in [4.69, 9.17) is 4.74 Å². The van der Waals surface area contributed by atoms with E-state index in [9.17, 15) is 4.79 Å². The molecular weight excluding hydrogens is 248 g/mol. The van der Waals surface area contributed by atoms with Crippen LogP contribution in [0, 0.1) is 13.8 Å². The lowest BCUT2D eigenvalue weighted by Crippen LogP contribution is -2.11. The van der Waals surface area contributed by atoms with Crippen LogP contribution in [0.2, 0.25) is 0 Å². The van der Waals surface area contributed by atoms with Crippen LogP contribution < -0.4 is 4.74 Å². The highest BCUT2D eigenvalue weighted by atomic mass is 16.5. The molecule has 0 saturated carbocycles. The summed E-state index contributed by atoms with van der Waals surface area (Å²) in [5, 5.41) is 0. The highest BCUT2D eigenvalue weighted by Crippen LogP contribution is 2.21. The molecule has 0 radical (unpaired) electrons. The van der Waals surface area contributed by atoms with Crippen LogP contribution in [0.5, 0.6) is 5.75 Å². The summed E-state index contributed by atoms with van der Waals surface area (Å²) in [5.41, 5.74) is 3.36. The first-order chi connectivity index (χ1) is 9.54. The molecule has 0 aromatic heterocycles. The molecule has 0 N–H and O–H groups in total. The lowest BCUT2D eigenvalue weighted by molar-refractivity contribution is -0.134. The molecule has 0 aliphatic rings. The molecular formula is C18H20O2. The topological polar surface area (TPSA) is 26.3 Å². The first-order valence-electron chi connectivity index (χ1n) is 6.88.